The van der Waals surface area contributed by atoms with E-state index in [1.54, 1.807) is 6.08 Å². The van der Waals surface area contributed by atoms with E-state index < -0.39 is 11.8 Å². The van der Waals surface area contributed by atoms with Crippen LogP contribution in [0.3, 0.4) is 0 Å². The highest BCUT2D eigenvalue weighted by atomic mass is 32.2. The maximum Gasteiger partial charge on any atom is 0.313 e. The number of allylic oxidation sites excluding steroid dienone is 1. The molecule has 0 radical (unpaired) electrons. The highest BCUT2D eigenvalue weighted by molar-refractivity contribution is 8.00. The minimum Gasteiger partial charge on any atom is -0.481 e. The predicted molar refractivity (Wildman–Crippen MR) is 110 cm³/mol. The third-order valence-corrected chi connectivity index (χ3v) is 5.05. The van der Waals surface area contributed by atoms with Crippen LogP contribution in [0.4, 0.5) is 4.39 Å². The SMILES string of the molecule is O=C(O)CSc1ccc(C(=O)/C=C/c2ccc(-c3ccccc3)cc2)cc1F. The van der Waals surface area contributed by atoms with Gasteiger partial charge in [0, 0.05) is 10.5 Å². The molecule has 0 saturated heterocycles. The zero-order valence-corrected chi connectivity index (χ0v) is 15.7. The Morgan fingerprint density at radius 3 is 2.25 bits per heavy atom. The van der Waals surface area contributed by atoms with Gasteiger partial charge in [-0.05, 0) is 41.0 Å². The third-order valence-electron chi connectivity index (χ3n) is 4.01. The maximum absolute atomic E-state index is 14.0. The van der Waals surface area contributed by atoms with E-state index in [0.29, 0.717) is 0 Å². The van der Waals surface area contributed by atoms with Crippen molar-refractivity contribution in [1.29, 1.82) is 0 Å². The molecule has 28 heavy (non-hydrogen) atoms. The quantitative estimate of drug-likeness (QED) is 0.325. The van der Waals surface area contributed by atoms with E-state index in [2.05, 4.69) is 0 Å². The van der Waals surface area contributed by atoms with Crippen molar-refractivity contribution in [2.45, 2.75) is 4.90 Å². The number of aliphatic carboxylic acids is 1. The van der Waals surface area contributed by atoms with Crippen molar-refractivity contribution in [2.75, 3.05) is 5.75 Å². The topological polar surface area (TPSA) is 54.4 Å². The van der Waals surface area contributed by atoms with Crippen LogP contribution in [0.5, 0.6) is 0 Å². The molecule has 3 aromatic carbocycles. The Labute approximate surface area is 166 Å². The third kappa shape index (κ3) is 5.18. The van der Waals surface area contributed by atoms with Crippen LogP contribution in [-0.4, -0.2) is 22.6 Å². The molecule has 0 saturated carbocycles. The summed E-state index contributed by atoms with van der Waals surface area (Å²) in [6, 6.07) is 21.8. The fourth-order valence-electron chi connectivity index (χ4n) is 2.60. The van der Waals surface area contributed by atoms with Crippen molar-refractivity contribution in [3.63, 3.8) is 0 Å². The van der Waals surface area contributed by atoms with Crippen molar-refractivity contribution >= 4 is 29.6 Å². The molecule has 0 aromatic heterocycles. The first-order valence-electron chi connectivity index (χ1n) is 8.55. The molecular formula is C23H17FO3S. The molecule has 0 fully saturated rings. The number of halogens is 1. The average Bonchev–Trinajstić information content (AvgIpc) is 2.72. The molecule has 5 heteroatoms. The van der Waals surface area contributed by atoms with Crippen LogP contribution < -0.4 is 0 Å². The van der Waals surface area contributed by atoms with Crippen molar-refractivity contribution < 1.29 is 19.1 Å². The van der Waals surface area contributed by atoms with Crippen molar-refractivity contribution in [2.24, 2.45) is 0 Å². The summed E-state index contributed by atoms with van der Waals surface area (Å²) in [6.45, 7) is 0. The Kier molecular flexibility index (Phi) is 6.40. The second-order valence-corrected chi connectivity index (χ2v) is 7.03. The lowest BCUT2D eigenvalue weighted by Crippen LogP contribution is -2.00. The van der Waals surface area contributed by atoms with Gasteiger partial charge in [0.1, 0.15) is 5.82 Å². The zero-order valence-electron chi connectivity index (χ0n) is 14.8. The molecule has 1 N–H and O–H groups in total. The molecule has 0 aliphatic rings. The number of carboxylic acid groups (broad SMARTS) is 1. The average molecular weight is 392 g/mol. The Bertz CT molecular complexity index is 1010. The second kappa shape index (κ2) is 9.15. The van der Waals surface area contributed by atoms with Crippen LogP contribution in [0.15, 0.2) is 83.8 Å². The number of rotatable bonds is 7. The molecule has 0 amide bonds. The molecule has 3 rings (SSSR count). The van der Waals surface area contributed by atoms with Gasteiger partial charge in [0.15, 0.2) is 5.78 Å². The molecule has 0 bridgehead atoms. The van der Waals surface area contributed by atoms with Crippen LogP contribution >= 0.6 is 11.8 Å². The molecule has 0 atom stereocenters. The normalized spacial score (nSPS) is 10.9. The van der Waals surface area contributed by atoms with E-state index in [1.807, 2.05) is 54.6 Å². The van der Waals surface area contributed by atoms with Crippen molar-refractivity contribution in [3.05, 3.63) is 95.8 Å². The first-order chi connectivity index (χ1) is 13.5. The van der Waals surface area contributed by atoms with Gasteiger partial charge in [-0.1, -0.05) is 60.7 Å². The van der Waals surface area contributed by atoms with E-state index in [0.717, 1.165) is 34.5 Å². The van der Waals surface area contributed by atoms with E-state index in [1.165, 1.54) is 18.2 Å². The Morgan fingerprint density at radius 2 is 1.61 bits per heavy atom. The number of benzene rings is 3. The first kappa shape index (κ1) is 19.6. The predicted octanol–water partition coefficient (Wildman–Crippen LogP) is 5.57. The van der Waals surface area contributed by atoms with Crippen LogP contribution in [0.2, 0.25) is 0 Å². The standard InChI is InChI=1S/C23H17FO3S/c24-20-14-19(11-13-22(20)28-15-23(26)27)21(25)12-8-16-6-9-18(10-7-16)17-4-2-1-3-5-17/h1-14H,15H2,(H,26,27)/b12-8+. The summed E-state index contributed by atoms with van der Waals surface area (Å²) < 4.78 is 14.0. The number of carbonyl (C=O) groups is 2. The van der Waals surface area contributed by atoms with Crippen LogP contribution in [0, 0.1) is 5.82 Å². The summed E-state index contributed by atoms with van der Waals surface area (Å²) in [7, 11) is 0. The molecule has 0 unspecified atom stereocenters. The summed E-state index contributed by atoms with van der Waals surface area (Å²) in [5, 5.41) is 8.66. The van der Waals surface area contributed by atoms with Gasteiger partial charge in [-0.25, -0.2) is 4.39 Å². The molecule has 0 aliphatic heterocycles. The molecule has 3 nitrogen and oxygen atoms in total. The Balaban J connectivity index is 1.68. The maximum atomic E-state index is 14.0. The van der Waals surface area contributed by atoms with Gasteiger partial charge in [0.25, 0.3) is 0 Å². The van der Waals surface area contributed by atoms with Crippen LogP contribution in [0.1, 0.15) is 15.9 Å². The molecule has 140 valence electrons. The fraction of sp³-hybridized carbons (Fsp3) is 0.0435. The lowest BCUT2D eigenvalue weighted by Gasteiger charge is -2.03. The summed E-state index contributed by atoms with van der Waals surface area (Å²) in [5.41, 5.74) is 3.28. The number of hydrogen-bond donors (Lipinski definition) is 1. The number of carbonyl (C=O) groups excluding carboxylic acids is 1. The summed E-state index contributed by atoms with van der Waals surface area (Å²) in [5.74, 6) is -2.17. The van der Waals surface area contributed by atoms with E-state index in [-0.39, 0.29) is 22.0 Å². The first-order valence-corrected chi connectivity index (χ1v) is 9.53. The number of carboxylic acids is 1. The Hall–Kier alpha value is -3.18. The molecular weight excluding hydrogens is 375 g/mol. The molecule has 0 aliphatic carbocycles. The van der Waals surface area contributed by atoms with Gasteiger partial charge in [-0.15, -0.1) is 11.8 Å². The summed E-state index contributed by atoms with van der Waals surface area (Å²) in [6.07, 6.45) is 3.08. The summed E-state index contributed by atoms with van der Waals surface area (Å²) >= 11 is 0.881. The second-order valence-electron chi connectivity index (χ2n) is 6.01. The van der Waals surface area contributed by atoms with E-state index in [9.17, 15) is 14.0 Å². The van der Waals surface area contributed by atoms with Crippen molar-refractivity contribution in [3.8, 4) is 11.1 Å². The lowest BCUT2D eigenvalue weighted by molar-refractivity contribution is -0.133. The lowest BCUT2D eigenvalue weighted by atomic mass is 10.0. The fourth-order valence-corrected chi connectivity index (χ4v) is 3.24. The van der Waals surface area contributed by atoms with Gasteiger partial charge in [0.05, 0.1) is 5.75 Å². The molecule has 0 spiro atoms. The van der Waals surface area contributed by atoms with E-state index >= 15 is 0 Å². The van der Waals surface area contributed by atoms with Gasteiger partial charge in [-0.2, -0.15) is 0 Å². The van der Waals surface area contributed by atoms with Gasteiger partial charge >= 0.3 is 5.97 Å². The van der Waals surface area contributed by atoms with E-state index in [4.69, 9.17) is 5.11 Å². The van der Waals surface area contributed by atoms with Gasteiger partial charge in [-0.3, -0.25) is 9.59 Å². The summed E-state index contributed by atoms with van der Waals surface area (Å²) in [4.78, 5) is 23.1. The largest absolute Gasteiger partial charge is 0.481 e. The van der Waals surface area contributed by atoms with Crippen molar-refractivity contribution in [1.82, 2.24) is 0 Å². The highest BCUT2D eigenvalue weighted by Crippen LogP contribution is 2.23. The molecule has 0 heterocycles. The van der Waals surface area contributed by atoms with Gasteiger partial charge in [0.2, 0.25) is 0 Å². The van der Waals surface area contributed by atoms with Crippen LogP contribution in [0.25, 0.3) is 17.2 Å². The van der Waals surface area contributed by atoms with Crippen LogP contribution in [-0.2, 0) is 4.79 Å². The number of thioether (sulfide) groups is 1. The monoisotopic (exact) mass is 392 g/mol. The van der Waals surface area contributed by atoms with Gasteiger partial charge < -0.3 is 5.11 Å². The molecule has 3 aromatic rings. The minimum atomic E-state index is -1.02. The number of ketones is 1. The number of hydrogen-bond acceptors (Lipinski definition) is 3. The Morgan fingerprint density at radius 1 is 0.929 bits per heavy atom. The minimum absolute atomic E-state index is 0.208. The smallest absolute Gasteiger partial charge is 0.313 e. The highest BCUT2D eigenvalue weighted by Gasteiger charge is 2.09. The zero-order chi connectivity index (χ0) is 19.9.